The monoisotopic (exact) mass is 447 g/mol. The zero-order valence-corrected chi connectivity index (χ0v) is 19.4. The third-order valence-corrected chi connectivity index (χ3v) is 5.79. The van der Waals surface area contributed by atoms with Crippen LogP contribution in [0.5, 0.6) is 5.75 Å². The Morgan fingerprint density at radius 1 is 1.03 bits per heavy atom. The van der Waals surface area contributed by atoms with E-state index in [2.05, 4.69) is 38.2 Å². The van der Waals surface area contributed by atoms with Gasteiger partial charge < -0.3 is 14.8 Å². The summed E-state index contributed by atoms with van der Waals surface area (Å²) < 4.78 is 11.4. The van der Waals surface area contributed by atoms with E-state index < -0.39 is 0 Å². The Kier molecular flexibility index (Phi) is 5.98. The standard InChI is InChI=1S/C27H26ClNO3/c1-17-15-27(2,3)29-23-12-11-20(21-14-19(28)10-13-24(21)31-4)22(25(17)23)16-32-26(30)18-8-6-5-7-9-18/h5-15,29H,16H2,1-4H3. The molecule has 4 rings (SSSR count). The molecule has 0 radical (unpaired) electrons. The molecular formula is C27H26ClNO3. The second kappa shape index (κ2) is 8.71. The van der Waals surface area contributed by atoms with Crippen LogP contribution in [0, 0.1) is 0 Å². The molecule has 1 aliphatic rings. The van der Waals surface area contributed by atoms with Gasteiger partial charge in [0.05, 0.1) is 18.2 Å². The molecule has 5 heteroatoms. The van der Waals surface area contributed by atoms with E-state index in [4.69, 9.17) is 21.1 Å². The number of nitrogens with one attached hydrogen (secondary N) is 1. The Labute approximate surface area is 193 Å². The summed E-state index contributed by atoms with van der Waals surface area (Å²) in [6, 6.07) is 18.6. The molecule has 3 aromatic carbocycles. The molecule has 0 fully saturated rings. The minimum absolute atomic E-state index is 0.120. The van der Waals surface area contributed by atoms with Gasteiger partial charge in [0.2, 0.25) is 0 Å². The number of methoxy groups -OCH3 is 1. The average molecular weight is 448 g/mol. The van der Waals surface area contributed by atoms with Gasteiger partial charge in [0.1, 0.15) is 12.4 Å². The number of carbonyl (C=O) groups excluding carboxylic acids is 1. The highest BCUT2D eigenvalue weighted by atomic mass is 35.5. The second-order valence-electron chi connectivity index (χ2n) is 8.48. The molecule has 0 bridgehead atoms. The van der Waals surface area contributed by atoms with Crippen molar-refractivity contribution in [3.8, 4) is 16.9 Å². The van der Waals surface area contributed by atoms with Crippen LogP contribution in [0.3, 0.4) is 0 Å². The van der Waals surface area contributed by atoms with Gasteiger partial charge in [0, 0.05) is 27.4 Å². The number of hydrogen-bond acceptors (Lipinski definition) is 4. The van der Waals surface area contributed by atoms with Crippen molar-refractivity contribution in [2.75, 3.05) is 12.4 Å². The number of rotatable bonds is 5. The number of carbonyl (C=O) groups is 1. The highest BCUT2D eigenvalue weighted by Crippen LogP contribution is 2.43. The molecule has 0 aliphatic carbocycles. The van der Waals surface area contributed by atoms with Gasteiger partial charge in [-0.3, -0.25) is 0 Å². The molecule has 0 spiro atoms. The van der Waals surface area contributed by atoms with E-state index in [9.17, 15) is 4.79 Å². The number of halogens is 1. The van der Waals surface area contributed by atoms with Gasteiger partial charge in [-0.2, -0.15) is 0 Å². The van der Waals surface area contributed by atoms with Crippen molar-refractivity contribution in [1.82, 2.24) is 0 Å². The van der Waals surface area contributed by atoms with Gasteiger partial charge in [-0.15, -0.1) is 0 Å². The third-order valence-electron chi connectivity index (χ3n) is 5.55. The lowest BCUT2D eigenvalue weighted by Crippen LogP contribution is -2.32. The summed E-state index contributed by atoms with van der Waals surface area (Å²) in [4.78, 5) is 12.7. The topological polar surface area (TPSA) is 47.6 Å². The molecule has 1 heterocycles. The Morgan fingerprint density at radius 3 is 2.50 bits per heavy atom. The number of esters is 1. The zero-order chi connectivity index (χ0) is 22.9. The smallest absolute Gasteiger partial charge is 0.338 e. The minimum Gasteiger partial charge on any atom is -0.496 e. The lowest BCUT2D eigenvalue weighted by atomic mass is 9.85. The maximum atomic E-state index is 12.7. The molecule has 4 nitrogen and oxygen atoms in total. The molecular weight excluding hydrogens is 422 g/mol. The highest BCUT2D eigenvalue weighted by molar-refractivity contribution is 6.31. The summed E-state index contributed by atoms with van der Waals surface area (Å²) in [6.45, 7) is 6.46. The van der Waals surface area contributed by atoms with E-state index in [1.807, 2.05) is 36.4 Å². The van der Waals surface area contributed by atoms with E-state index in [1.54, 1.807) is 25.3 Å². The van der Waals surface area contributed by atoms with Gasteiger partial charge >= 0.3 is 5.97 Å². The molecule has 1 N–H and O–H groups in total. The largest absolute Gasteiger partial charge is 0.496 e. The number of fused-ring (bicyclic) bond motifs is 1. The van der Waals surface area contributed by atoms with Crippen LogP contribution in [0.1, 0.15) is 42.3 Å². The van der Waals surface area contributed by atoms with Gasteiger partial charge in [-0.25, -0.2) is 4.79 Å². The zero-order valence-electron chi connectivity index (χ0n) is 18.7. The first-order chi connectivity index (χ1) is 15.3. The van der Waals surface area contributed by atoms with Crippen LogP contribution >= 0.6 is 11.6 Å². The van der Waals surface area contributed by atoms with Crippen LogP contribution in [0.2, 0.25) is 5.02 Å². The highest BCUT2D eigenvalue weighted by Gasteiger charge is 2.27. The summed E-state index contributed by atoms with van der Waals surface area (Å²) >= 11 is 6.33. The van der Waals surface area contributed by atoms with Gasteiger partial charge in [0.15, 0.2) is 0 Å². The summed E-state index contributed by atoms with van der Waals surface area (Å²) in [5, 5.41) is 4.18. The SMILES string of the molecule is COc1ccc(Cl)cc1-c1ccc2c(c1COC(=O)c1ccccc1)C(C)=CC(C)(C)N2. The quantitative estimate of drug-likeness (QED) is 0.428. The maximum Gasteiger partial charge on any atom is 0.338 e. The third kappa shape index (κ3) is 4.37. The molecule has 0 saturated carbocycles. The fraction of sp³-hybridized carbons (Fsp3) is 0.222. The lowest BCUT2D eigenvalue weighted by Gasteiger charge is -2.33. The first-order valence-electron chi connectivity index (χ1n) is 10.5. The van der Waals surface area contributed by atoms with Crippen molar-refractivity contribution in [3.63, 3.8) is 0 Å². The Morgan fingerprint density at radius 2 is 1.78 bits per heavy atom. The summed E-state index contributed by atoms with van der Waals surface area (Å²) in [6.07, 6.45) is 2.19. The fourth-order valence-electron chi connectivity index (χ4n) is 4.29. The first kappa shape index (κ1) is 22.0. The molecule has 0 aromatic heterocycles. The Hall–Kier alpha value is -3.24. The van der Waals surface area contributed by atoms with Crippen LogP contribution < -0.4 is 10.1 Å². The molecule has 0 unspecified atom stereocenters. The predicted octanol–water partition coefficient (Wildman–Crippen LogP) is 6.98. The number of anilines is 1. The van der Waals surface area contributed by atoms with Crippen LogP contribution in [-0.2, 0) is 11.3 Å². The van der Waals surface area contributed by atoms with Crippen LogP contribution in [0.15, 0.2) is 66.7 Å². The summed E-state index contributed by atoms with van der Waals surface area (Å²) in [7, 11) is 1.63. The molecule has 0 amide bonds. The minimum atomic E-state index is -0.363. The normalized spacial score (nSPS) is 14.1. The van der Waals surface area contributed by atoms with Gasteiger partial charge in [-0.1, -0.05) is 41.9 Å². The first-order valence-corrected chi connectivity index (χ1v) is 10.9. The van der Waals surface area contributed by atoms with Crippen molar-refractivity contribution in [2.24, 2.45) is 0 Å². The lowest BCUT2D eigenvalue weighted by molar-refractivity contribution is 0.0473. The average Bonchev–Trinajstić information content (AvgIpc) is 2.76. The van der Waals surface area contributed by atoms with E-state index in [1.165, 1.54) is 0 Å². The summed E-state index contributed by atoms with van der Waals surface area (Å²) in [5.41, 5.74) is 6.18. The van der Waals surface area contributed by atoms with Crippen LogP contribution in [-0.4, -0.2) is 18.6 Å². The van der Waals surface area contributed by atoms with E-state index in [0.29, 0.717) is 16.3 Å². The Balaban J connectivity index is 1.84. The van der Waals surface area contributed by atoms with Crippen molar-refractivity contribution in [3.05, 3.63) is 88.5 Å². The number of ether oxygens (including phenoxy) is 2. The van der Waals surface area contributed by atoms with Crippen molar-refractivity contribution >= 4 is 28.8 Å². The van der Waals surface area contributed by atoms with E-state index >= 15 is 0 Å². The number of allylic oxidation sites excluding steroid dienone is 1. The van der Waals surface area contributed by atoms with Crippen LogP contribution in [0.4, 0.5) is 5.69 Å². The molecule has 0 atom stereocenters. The summed E-state index contributed by atoms with van der Waals surface area (Å²) in [5.74, 6) is 0.341. The van der Waals surface area contributed by atoms with E-state index in [-0.39, 0.29) is 18.1 Å². The van der Waals surface area contributed by atoms with E-state index in [0.717, 1.165) is 33.5 Å². The maximum absolute atomic E-state index is 12.7. The fourth-order valence-corrected chi connectivity index (χ4v) is 4.46. The Bertz CT molecular complexity index is 1200. The number of benzene rings is 3. The number of hydrogen-bond donors (Lipinski definition) is 1. The van der Waals surface area contributed by atoms with Crippen molar-refractivity contribution in [1.29, 1.82) is 0 Å². The predicted molar refractivity (Wildman–Crippen MR) is 130 cm³/mol. The molecule has 32 heavy (non-hydrogen) atoms. The van der Waals surface area contributed by atoms with Crippen molar-refractivity contribution in [2.45, 2.75) is 32.9 Å². The molecule has 164 valence electrons. The molecule has 3 aromatic rings. The molecule has 0 saturated heterocycles. The van der Waals surface area contributed by atoms with Crippen LogP contribution in [0.25, 0.3) is 16.7 Å². The van der Waals surface area contributed by atoms with Gasteiger partial charge in [0.25, 0.3) is 0 Å². The second-order valence-corrected chi connectivity index (χ2v) is 8.91. The molecule has 1 aliphatic heterocycles. The van der Waals surface area contributed by atoms with Crippen molar-refractivity contribution < 1.29 is 14.3 Å². The van der Waals surface area contributed by atoms with Gasteiger partial charge in [-0.05, 0) is 68.3 Å².